The molecule has 0 bridgehead atoms. The van der Waals surface area contributed by atoms with Gasteiger partial charge in [0.05, 0.1) is 10.6 Å². The summed E-state index contributed by atoms with van der Waals surface area (Å²) in [5, 5.41) is 2.93. The quantitative estimate of drug-likeness (QED) is 0.500. The number of amides is 1. The first-order valence-corrected chi connectivity index (χ1v) is 11.9. The molecular formula is C25H28N2O3S. The Morgan fingerprint density at radius 1 is 0.903 bits per heavy atom. The van der Waals surface area contributed by atoms with E-state index in [0.717, 1.165) is 12.8 Å². The maximum absolute atomic E-state index is 12.9. The van der Waals surface area contributed by atoms with Crippen molar-refractivity contribution in [1.29, 1.82) is 0 Å². The molecule has 1 amide bonds. The van der Waals surface area contributed by atoms with Gasteiger partial charge in [-0.15, -0.1) is 0 Å². The van der Waals surface area contributed by atoms with E-state index in [1.54, 1.807) is 61.5 Å². The Labute approximate surface area is 184 Å². The molecule has 0 unspecified atom stereocenters. The minimum atomic E-state index is -3.65. The van der Waals surface area contributed by atoms with Crippen LogP contribution in [0.25, 0.3) is 0 Å². The van der Waals surface area contributed by atoms with Crippen molar-refractivity contribution >= 4 is 21.6 Å². The lowest BCUT2D eigenvalue weighted by molar-refractivity contribution is 0.0953. The number of carbonyl (C=O) groups excluding carboxylic acids is 1. The van der Waals surface area contributed by atoms with Crippen LogP contribution in [-0.4, -0.2) is 27.4 Å². The van der Waals surface area contributed by atoms with Gasteiger partial charge in [0.2, 0.25) is 0 Å². The lowest BCUT2D eigenvalue weighted by atomic mass is 10.1. The third-order valence-corrected chi connectivity index (χ3v) is 7.00. The molecule has 5 nitrogen and oxygen atoms in total. The van der Waals surface area contributed by atoms with E-state index in [1.807, 2.05) is 0 Å². The van der Waals surface area contributed by atoms with E-state index >= 15 is 0 Å². The molecule has 0 aromatic heterocycles. The Morgan fingerprint density at radius 3 is 2.16 bits per heavy atom. The normalized spacial score (nSPS) is 11.2. The van der Waals surface area contributed by atoms with E-state index in [9.17, 15) is 13.2 Å². The van der Waals surface area contributed by atoms with E-state index in [2.05, 4.69) is 36.5 Å². The SMILES string of the molecule is CCN(c1ccc(C(=O)NCCCc2ccc(C)cc2)cc1)S(=O)(=O)c1ccccc1. The molecule has 0 aliphatic carbocycles. The van der Waals surface area contributed by atoms with Crippen molar-refractivity contribution in [3.05, 3.63) is 95.6 Å². The summed E-state index contributed by atoms with van der Waals surface area (Å²) in [5.41, 5.74) is 3.52. The topological polar surface area (TPSA) is 66.5 Å². The molecule has 1 N–H and O–H groups in total. The van der Waals surface area contributed by atoms with Crippen LogP contribution in [-0.2, 0) is 16.4 Å². The fourth-order valence-corrected chi connectivity index (χ4v) is 4.84. The van der Waals surface area contributed by atoms with Crippen LogP contribution < -0.4 is 9.62 Å². The van der Waals surface area contributed by atoms with Crippen molar-refractivity contribution < 1.29 is 13.2 Å². The molecule has 0 aliphatic heterocycles. The number of sulfonamides is 1. The standard InChI is InChI=1S/C25H28N2O3S/c1-3-27(31(29,30)24-9-5-4-6-10-24)23-17-15-22(16-18-23)25(28)26-19-7-8-21-13-11-20(2)12-14-21/h4-6,9-18H,3,7-8,19H2,1-2H3,(H,26,28). The number of hydrogen-bond donors (Lipinski definition) is 1. The maximum atomic E-state index is 12.9. The van der Waals surface area contributed by atoms with Gasteiger partial charge in [-0.05, 0) is 68.7 Å². The van der Waals surface area contributed by atoms with Gasteiger partial charge in [-0.2, -0.15) is 0 Å². The third kappa shape index (κ3) is 5.73. The van der Waals surface area contributed by atoms with Crippen LogP contribution in [0.1, 0.15) is 34.8 Å². The number of carbonyl (C=O) groups is 1. The molecule has 31 heavy (non-hydrogen) atoms. The minimum absolute atomic E-state index is 0.163. The van der Waals surface area contributed by atoms with Crippen LogP contribution in [0.4, 0.5) is 5.69 Å². The summed E-state index contributed by atoms with van der Waals surface area (Å²) < 4.78 is 27.2. The minimum Gasteiger partial charge on any atom is -0.352 e. The van der Waals surface area contributed by atoms with Gasteiger partial charge in [-0.25, -0.2) is 8.42 Å². The summed E-state index contributed by atoms with van der Waals surface area (Å²) in [6.45, 7) is 4.72. The van der Waals surface area contributed by atoms with Crippen molar-refractivity contribution in [2.24, 2.45) is 0 Å². The largest absolute Gasteiger partial charge is 0.352 e. The summed E-state index contributed by atoms with van der Waals surface area (Å²) in [4.78, 5) is 12.7. The highest BCUT2D eigenvalue weighted by molar-refractivity contribution is 7.92. The zero-order valence-corrected chi connectivity index (χ0v) is 18.7. The van der Waals surface area contributed by atoms with Crippen LogP contribution >= 0.6 is 0 Å². The molecule has 3 aromatic carbocycles. The molecule has 0 spiro atoms. The molecular weight excluding hydrogens is 408 g/mol. The average Bonchev–Trinajstić information content (AvgIpc) is 2.79. The lowest BCUT2D eigenvalue weighted by Crippen LogP contribution is -2.31. The van der Waals surface area contributed by atoms with Crippen molar-refractivity contribution in [2.45, 2.75) is 31.6 Å². The van der Waals surface area contributed by atoms with Gasteiger partial charge in [0.15, 0.2) is 0 Å². The highest BCUT2D eigenvalue weighted by Gasteiger charge is 2.23. The Morgan fingerprint density at radius 2 is 1.55 bits per heavy atom. The number of hydrogen-bond acceptors (Lipinski definition) is 3. The molecule has 3 rings (SSSR count). The summed E-state index contributed by atoms with van der Waals surface area (Å²) >= 11 is 0. The van der Waals surface area contributed by atoms with Crippen molar-refractivity contribution in [1.82, 2.24) is 5.32 Å². The van der Waals surface area contributed by atoms with Gasteiger partial charge in [0, 0.05) is 18.7 Å². The van der Waals surface area contributed by atoms with Gasteiger partial charge in [-0.1, -0.05) is 48.0 Å². The van der Waals surface area contributed by atoms with Crippen LogP contribution in [0, 0.1) is 6.92 Å². The number of aryl methyl sites for hydroxylation is 2. The molecule has 0 heterocycles. The molecule has 0 aliphatic rings. The van der Waals surface area contributed by atoms with E-state index in [-0.39, 0.29) is 10.8 Å². The zero-order valence-electron chi connectivity index (χ0n) is 17.9. The predicted octanol–water partition coefficient (Wildman–Crippen LogP) is 4.57. The van der Waals surface area contributed by atoms with Gasteiger partial charge in [0.1, 0.15) is 0 Å². The second-order valence-corrected chi connectivity index (χ2v) is 9.24. The first-order chi connectivity index (χ1) is 14.9. The Bertz CT molecular complexity index is 1090. The number of nitrogens with one attached hydrogen (secondary N) is 1. The third-order valence-electron chi connectivity index (χ3n) is 5.08. The zero-order chi connectivity index (χ0) is 22.3. The van der Waals surface area contributed by atoms with Crippen LogP contribution in [0.5, 0.6) is 0 Å². The van der Waals surface area contributed by atoms with Gasteiger partial charge in [0.25, 0.3) is 15.9 Å². The number of nitrogens with zero attached hydrogens (tertiary/aromatic N) is 1. The second kappa shape index (κ2) is 10.3. The smallest absolute Gasteiger partial charge is 0.264 e. The van der Waals surface area contributed by atoms with Crippen LogP contribution in [0.3, 0.4) is 0 Å². The van der Waals surface area contributed by atoms with E-state index in [0.29, 0.717) is 24.3 Å². The highest BCUT2D eigenvalue weighted by Crippen LogP contribution is 2.23. The molecule has 162 valence electrons. The molecule has 3 aromatic rings. The summed E-state index contributed by atoms with van der Waals surface area (Å²) in [6, 6.07) is 23.4. The van der Waals surface area contributed by atoms with Crippen molar-refractivity contribution in [3.8, 4) is 0 Å². The fourth-order valence-electron chi connectivity index (χ4n) is 3.34. The van der Waals surface area contributed by atoms with Crippen molar-refractivity contribution in [3.63, 3.8) is 0 Å². The fraction of sp³-hybridized carbons (Fsp3) is 0.240. The molecule has 0 atom stereocenters. The summed E-state index contributed by atoms with van der Waals surface area (Å²) in [6.07, 6.45) is 1.76. The van der Waals surface area contributed by atoms with Gasteiger partial charge >= 0.3 is 0 Å². The van der Waals surface area contributed by atoms with Gasteiger partial charge < -0.3 is 5.32 Å². The Balaban J connectivity index is 1.59. The lowest BCUT2D eigenvalue weighted by Gasteiger charge is -2.23. The van der Waals surface area contributed by atoms with Crippen LogP contribution in [0.2, 0.25) is 0 Å². The van der Waals surface area contributed by atoms with E-state index in [4.69, 9.17) is 0 Å². The number of rotatable bonds is 9. The monoisotopic (exact) mass is 436 g/mol. The maximum Gasteiger partial charge on any atom is 0.264 e. The molecule has 0 radical (unpaired) electrons. The van der Waals surface area contributed by atoms with E-state index in [1.165, 1.54) is 15.4 Å². The molecule has 0 fully saturated rings. The predicted molar refractivity (Wildman–Crippen MR) is 125 cm³/mol. The van der Waals surface area contributed by atoms with Gasteiger partial charge in [-0.3, -0.25) is 9.10 Å². The summed E-state index contributed by atoms with van der Waals surface area (Å²) in [5.74, 6) is -0.163. The summed E-state index contributed by atoms with van der Waals surface area (Å²) in [7, 11) is -3.65. The van der Waals surface area contributed by atoms with Crippen LogP contribution in [0.15, 0.2) is 83.8 Å². The Hall–Kier alpha value is -3.12. The first kappa shape index (κ1) is 22.6. The number of anilines is 1. The first-order valence-electron chi connectivity index (χ1n) is 10.4. The van der Waals surface area contributed by atoms with Crippen molar-refractivity contribution in [2.75, 3.05) is 17.4 Å². The Kier molecular flexibility index (Phi) is 7.47. The number of benzene rings is 3. The molecule has 0 saturated heterocycles. The second-order valence-electron chi connectivity index (χ2n) is 7.37. The molecule has 6 heteroatoms. The average molecular weight is 437 g/mol. The van der Waals surface area contributed by atoms with E-state index < -0.39 is 10.0 Å². The highest BCUT2D eigenvalue weighted by atomic mass is 32.2. The molecule has 0 saturated carbocycles.